The van der Waals surface area contributed by atoms with Gasteiger partial charge in [-0.1, -0.05) is 23.5 Å². The van der Waals surface area contributed by atoms with E-state index >= 15 is 0 Å². The van der Waals surface area contributed by atoms with Crippen molar-refractivity contribution in [3.63, 3.8) is 0 Å². The molecule has 4 aromatic rings. The first-order valence-corrected chi connectivity index (χ1v) is 14.6. The van der Waals surface area contributed by atoms with Crippen LogP contribution in [0.4, 0.5) is 41.2 Å². The molecule has 0 aliphatic carbocycles. The molecule has 5 rings (SSSR count). The predicted molar refractivity (Wildman–Crippen MR) is 167 cm³/mol. The van der Waals surface area contributed by atoms with Crippen LogP contribution in [-0.4, -0.2) is 76.3 Å². The number of β-amino-alcohol motifs (C(OH)–C–C–N with tert-alkyl or cyclic N) is 1. The Morgan fingerprint density at radius 1 is 1.02 bits per heavy atom. The number of amides is 1. The summed E-state index contributed by atoms with van der Waals surface area (Å²) >= 11 is 1.07. The summed E-state index contributed by atoms with van der Waals surface area (Å²) in [7, 11) is 0. The number of rotatable bonds is 8. The van der Waals surface area contributed by atoms with E-state index in [1.165, 1.54) is 18.3 Å². The zero-order valence-electron chi connectivity index (χ0n) is 24.2. The summed E-state index contributed by atoms with van der Waals surface area (Å²) in [6.45, 7) is 6.40. The number of aromatic carboxylic acids is 1. The van der Waals surface area contributed by atoms with Crippen molar-refractivity contribution in [2.24, 2.45) is 0 Å². The van der Waals surface area contributed by atoms with Crippen LogP contribution >= 0.6 is 11.3 Å². The number of anilines is 5. The fraction of sp³-hybridized carbons (Fsp3) is 0.267. The molecular weight excluding hydrogens is 611 g/mol. The molecule has 1 aliphatic rings. The number of hydrogen-bond donors (Lipinski definition) is 5. The van der Waals surface area contributed by atoms with Crippen LogP contribution in [0.5, 0.6) is 0 Å². The SMILES string of the molecule is Cc1ccc(NC(=O)c2cccc(C(F)(F)F)c2)cc1N.O=C(O)c1cnc(Nc2ccc(N3CCN(CCO)CC3)cn2)s1. The molecular formula is C30H32F3N7O4S. The number of hydrogen-bond acceptors (Lipinski definition) is 10. The highest BCUT2D eigenvalue weighted by atomic mass is 32.1. The van der Waals surface area contributed by atoms with E-state index in [9.17, 15) is 22.8 Å². The highest BCUT2D eigenvalue weighted by molar-refractivity contribution is 7.17. The number of benzene rings is 2. The third kappa shape index (κ3) is 9.38. The first kappa shape index (κ1) is 33.2. The molecule has 2 aromatic carbocycles. The Bertz CT molecular complexity index is 1610. The van der Waals surface area contributed by atoms with Crippen LogP contribution < -0.4 is 21.3 Å². The van der Waals surface area contributed by atoms with E-state index in [4.69, 9.17) is 15.9 Å². The molecule has 0 atom stereocenters. The molecule has 11 nitrogen and oxygen atoms in total. The minimum atomic E-state index is -4.48. The second-order valence-electron chi connectivity index (χ2n) is 10.0. The summed E-state index contributed by atoms with van der Waals surface area (Å²) in [5.41, 5.74) is 7.62. The van der Waals surface area contributed by atoms with E-state index in [-0.39, 0.29) is 17.0 Å². The van der Waals surface area contributed by atoms with Crippen LogP contribution in [0.25, 0.3) is 0 Å². The average Bonchev–Trinajstić information content (AvgIpc) is 3.49. The van der Waals surface area contributed by atoms with Gasteiger partial charge in [0.2, 0.25) is 0 Å². The summed E-state index contributed by atoms with van der Waals surface area (Å²) < 4.78 is 37.8. The maximum atomic E-state index is 12.6. The van der Waals surface area contributed by atoms with Gasteiger partial charge in [-0.15, -0.1) is 0 Å². The second kappa shape index (κ2) is 14.8. The van der Waals surface area contributed by atoms with Gasteiger partial charge in [-0.2, -0.15) is 13.2 Å². The number of carboxylic acids is 1. The molecule has 0 saturated carbocycles. The zero-order valence-corrected chi connectivity index (χ0v) is 25.0. The van der Waals surface area contributed by atoms with E-state index in [2.05, 4.69) is 30.4 Å². The number of aryl methyl sites for hydroxylation is 1. The topological polar surface area (TPSA) is 157 Å². The van der Waals surface area contributed by atoms with Gasteiger partial charge in [0.1, 0.15) is 10.7 Å². The van der Waals surface area contributed by atoms with Gasteiger partial charge in [0.15, 0.2) is 5.13 Å². The second-order valence-corrected chi connectivity index (χ2v) is 11.0. The average molecular weight is 644 g/mol. The summed E-state index contributed by atoms with van der Waals surface area (Å²) in [5, 5.41) is 23.9. The third-order valence-electron chi connectivity index (χ3n) is 6.84. The van der Waals surface area contributed by atoms with Gasteiger partial charge in [-0.05, 0) is 55.0 Å². The number of thiazole rings is 1. The number of carboxylic acid groups (broad SMARTS) is 1. The van der Waals surface area contributed by atoms with E-state index in [1.54, 1.807) is 24.4 Å². The fourth-order valence-corrected chi connectivity index (χ4v) is 4.98. The van der Waals surface area contributed by atoms with Crippen molar-refractivity contribution < 1.29 is 33.0 Å². The zero-order chi connectivity index (χ0) is 32.6. The molecule has 0 bridgehead atoms. The Labute approximate surface area is 261 Å². The molecule has 45 heavy (non-hydrogen) atoms. The Balaban J connectivity index is 0.000000207. The smallest absolute Gasteiger partial charge is 0.416 e. The number of aromatic nitrogens is 2. The van der Waals surface area contributed by atoms with E-state index in [0.29, 0.717) is 22.3 Å². The van der Waals surface area contributed by atoms with E-state index < -0.39 is 23.6 Å². The summed E-state index contributed by atoms with van der Waals surface area (Å²) in [5.74, 6) is -0.975. The maximum absolute atomic E-state index is 12.6. The van der Waals surface area contributed by atoms with Gasteiger partial charge in [0, 0.05) is 49.7 Å². The van der Waals surface area contributed by atoms with Gasteiger partial charge in [-0.25, -0.2) is 14.8 Å². The number of nitrogens with two attached hydrogens (primary N) is 1. The highest BCUT2D eigenvalue weighted by Gasteiger charge is 2.31. The van der Waals surface area contributed by atoms with Crippen molar-refractivity contribution in [3.05, 3.63) is 88.6 Å². The van der Waals surface area contributed by atoms with Gasteiger partial charge in [0.05, 0.1) is 30.3 Å². The molecule has 1 amide bonds. The van der Waals surface area contributed by atoms with Crippen molar-refractivity contribution >= 4 is 51.2 Å². The van der Waals surface area contributed by atoms with Crippen LogP contribution in [0.15, 0.2) is 67.0 Å². The van der Waals surface area contributed by atoms with Crippen LogP contribution in [0.3, 0.4) is 0 Å². The van der Waals surface area contributed by atoms with Crippen molar-refractivity contribution in [3.8, 4) is 0 Å². The Kier molecular flexibility index (Phi) is 10.9. The molecule has 1 fully saturated rings. The lowest BCUT2D eigenvalue weighted by Gasteiger charge is -2.35. The first-order valence-electron chi connectivity index (χ1n) is 13.8. The number of alkyl halides is 3. The molecule has 3 heterocycles. The molecule has 0 spiro atoms. The summed E-state index contributed by atoms with van der Waals surface area (Å²) in [4.78, 5) is 35.9. The Morgan fingerprint density at radius 3 is 2.38 bits per heavy atom. The number of aliphatic hydroxyl groups is 1. The van der Waals surface area contributed by atoms with E-state index in [0.717, 1.165) is 67.4 Å². The van der Waals surface area contributed by atoms with Crippen molar-refractivity contribution in [2.45, 2.75) is 13.1 Å². The fourth-order valence-electron chi connectivity index (χ4n) is 4.32. The number of nitrogens with one attached hydrogen (secondary N) is 2. The Hall–Kier alpha value is -4.73. The highest BCUT2D eigenvalue weighted by Crippen LogP contribution is 2.30. The van der Waals surface area contributed by atoms with Crippen molar-refractivity contribution in [1.82, 2.24) is 14.9 Å². The quantitative estimate of drug-likeness (QED) is 0.167. The molecule has 2 aromatic heterocycles. The van der Waals surface area contributed by atoms with Crippen LogP contribution in [0, 0.1) is 6.92 Å². The molecule has 6 N–H and O–H groups in total. The lowest BCUT2D eigenvalue weighted by atomic mass is 10.1. The lowest BCUT2D eigenvalue weighted by molar-refractivity contribution is -0.137. The maximum Gasteiger partial charge on any atom is 0.416 e. The van der Waals surface area contributed by atoms with Gasteiger partial charge >= 0.3 is 12.1 Å². The van der Waals surface area contributed by atoms with Crippen molar-refractivity contribution in [1.29, 1.82) is 0 Å². The summed E-state index contributed by atoms with van der Waals surface area (Å²) in [6.07, 6.45) is -1.35. The molecule has 0 unspecified atom stereocenters. The monoisotopic (exact) mass is 643 g/mol. The third-order valence-corrected chi connectivity index (χ3v) is 7.74. The van der Waals surface area contributed by atoms with Gasteiger partial charge < -0.3 is 31.5 Å². The van der Waals surface area contributed by atoms with Crippen LogP contribution in [0.1, 0.15) is 31.2 Å². The van der Waals surface area contributed by atoms with Crippen LogP contribution in [0.2, 0.25) is 0 Å². The number of halogens is 3. The summed E-state index contributed by atoms with van der Waals surface area (Å²) in [6, 6.07) is 13.0. The minimum Gasteiger partial charge on any atom is -0.477 e. The number of nitrogens with zero attached hydrogens (tertiary/aromatic N) is 4. The predicted octanol–water partition coefficient (Wildman–Crippen LogP) is 4.94. The van der Waals surface area contributed by atoms with E-state index in [1.807, 2.05) is 19.1 Å². The number of pyridine rings is 1. The number of aliphatic hydroxyl groups excluding tert-OH is 1. The number of nitrogen functional groups attached to an aromatic ring is 1. The largest absolute Gasteiger partial charge is 0.477 e. The van der Waals surface area contributed by atoms with Gasteiger partial charge in [0.25, 0.3) is 5.91 Å². The van der Waals surface area contributed by atoms with Gasteiger partial charge in [-0.3, -0.25) is 9.69 Å². The molecule has 1 saturated heterocycles. The number of piperazine rings is 1. The standard InChI is InChI=1S/C15H13F3N2O.C15H19N5O3S/c1-9-5-6-12(8-13(9)19)20-14(21)10-3-2-4-11(7-10)15(16,17)18;21-8-7-19-3-5-20(6-4-19)11-1-2-13(16-9-11)18-15-17-10-12(24-15)14(22)23/h2-8H,19H2,1H3,(H,20,21);1-2,9-10,21H,3-8H2,(H,22,23)(H,16,17,18). The number of carbonyl (C=O) groups is 2. The minimum absolute atomic E-state index is 0.0658. The number of carbonyl (C=O) groups excluding carboxylic acids is 1. The molecule has 238 valence electrons. The molecule has 15 heteroatoms. The lowest BCUT2D eigenvalue weighted by Crippen LogP contribution is -2.47. The normalized spacial score (nSPS) is 13.5. The molecule has 0 radical (unpaired) electrons. The molecule has 1 aliphatic heterocycles. The Morgan fingerprint density at radius 2 is 1.78 bits per heavy atom. The van der Waals surface area contributed by atoms with Crippen LogP contribution in [-0.2, 0) is 6.18 Å². The van der Waals surface area contributed by atoms with Crippen molar-refractivity contribution in [2.75, 3.05) is 60.6 Å². The first-order chi connectivity index (χ1) is 21.4.